The molecule has 1 atom stereocenters. The van der Waals surface area contributed by atoms with Gasteiger partial charge in [0.1, 0.15) is 0 Å². The van der Waals surface area contributed by atoms with Crippen molar-refractivity contribution in [3.8, 4) is 0 Å². The number of piperidine rings is 1. The Kier molecular flexibility index (Phi) is 5.74. The smallest absolute Gasteiger partial charge is 0.241 e. The highest BCUT2D eigenvalue weighted by Gasteiger charge is 2.27. The fourth-order valence-corrected chi connectivity index (χ4v) is 3.95. The Labute approximate surface area is 150 Å². The van der Waals surface area contributed by atoms with Crippen LogP contribution in [0.25, 0.3) is 0 Å². The fraction of sp³-hybridized carbons (Fsp3) is 0.600. The van der Waals surface area contributed by atoms with E-state index in [9.17, 15) is 9.59 Å². The third-order valence-electron chi connectivity index (χ3n) is 5.65. The second kappa shape index (κ2) is 8.00. The number of likely N-dealkylation sites (N-methyl/N-ethyl adjacent to an activating group) is 1. The number of benzene rings is 1. The predicted octanol–water partition coefficient (Wildman–Crippen LogP) is 3.55. The van der Waals surface area contributed by atoms with Crippen LogP contribution in [0.3, 0.4) is 0 Å². The molecule has 1 saturated carbocycles. The van der Waals surface area contributed by atoms with Crippen LogP contribution in [0.1, 0.15) is 50.5 Å². The van der Waals surface area contributed by atoms with Crippen molar-refractivity contribution in [2.45, 2.75) is 57.9 Å². The first kappa shape index (κ1) is 17.9. The van der Waals surface area contributed by atoms with E-state index in [1.165, 1.54) is 0 Å². The summed E-state index contributed by atoms with van der Waals surface area (Å²) in [5, 5.41) is 6.12. The summed E-state index contributed by atoms with van der Waals surface area (Å²) >= 11 is 0. The molecule has 2 aliphatic rings. The summed E-state index contributed by atoms with van der Waals surface area (Å²) in [4.78, 5) is 27.1. The number of hydrogen-bond acceptors (Lipinski definition) is 3. The average molecular weight is 343 g/mol. The summed E-state index contributed by atoms with van der Waals surface area (Å²) in [6.45, 7) is 2.92. The van der Waals surface area contributed by atoms with Crippen LogP contribution >= 0.6 is 0 Å². The normalized spacial score (nSPS) is 21.9. The molecular formula is C20H29N3O2. The van der Waals surface area contributed by atoms with Crippen LogP contribution in [0, 0.1) is 12.8 Å². The van der Waals surface area contributed by atoms with Crippen molar-refractivity contribution < 1.29 is 9.59 Å². The summed E-state index contributed by atoms with van der Waals surface area (Å²) in [6.07, 6.45) is 7.40. The van der Waals surface area contributed by atoms with Gasteiger partial charge in [-0.05, 0) is 63.9 Å². The van der Waals surface area contributed by atoms with E-state index < -0.39 is 0 Å². The van der Waals surface area contributed by atoms with Crippen molar-refractivity contribution in [3.05, 3.63) is 23.8 Å². The minimum Gasteiger partial charge on any atom is -0.326 e. The molecule has 0 bridgehead atoms. The highest BCUT2D eigenvalue weighted by Crippen LogP contribution is 2.29. The van der Waals surface area contributed by atoms with Gasteiger partial charge in [-0.2, -0.15) is 0 Å². The number of nitrogens with one attached hydrogen (secondary N) is 2. The number of carbonyl (C=O) groups is 2. The maximum absolute atomic E-state index is 12.6. The lowest BCUT2D eigenvalue weighted by atomic mass is 10.0. The van der Waals surface area contributed by atoms with E-state index in [-0.39, 0.29) is 23.8 Å². The van der Waals surface area contributed by atoms with Crippen molar-refractivity contribution >= 4 is 23.2 Å². The van der Waals surface area contributed by atoms with E-state index in [4.69, 9.17) is 0 Å². The van der Waals surface area contributed by atoms with Crippen LogP contribution < -0.4 is 10.6 Å². The first-order valence-corrected chi connectivity index (χ1v) is 9.48. The third kappa shape index (κ3) is 4.21. The molecule has 1 aromatic carbocycles. The van der Waals surface area contributed by atoms with Crippen molar-refractivity contribution in [1.29, 1.82) is 0 Å². The molecule has 5 nitrogen and oxygen atoms in total. The van der Waals surface area contributed by atoms with Gasteiger partial charge in [-0.25, -0.2) is 0 Å². The first-order valence-electron chi connectivity index (χ1n) is 9.48. The van der Waals surface area contributed by atoms with Gasteiger partial charge >= 0.3 is 0 Å². The molecule has 0 spiro atoms. The Morgan fingerprint density at radius 3 is 2.20 bits per heavy atom. The minimum absolute atomic E-state index is 0.0459. The number of carbonyl (C=O) groups excluding carboxylic acids is 2. The van der Waals surface area contributed by atoms with Gasteiger partial charge in [-0.15, -0.1) is 0 Å². The Bertz CT molecular complexity index is 638. The van der Waals surface area contributed by atoms with Gasteiger partial charge < -0.3 is 10.6 Å². The zero-order valence-corrected chi connectivity index (χ0v) is 15.3. The van der Waals surface area contributed by atoms with Crippen LogP contribution in [0.15, 0.2) is 18.2 Å². The number of hydrogen-bond donors (Lipinski definition) is 2. The van der Waals surface area contributed by atoms with Crippen LogP contribution in [0.5, 0.6) is 0 Å². The summed E-state index contributed by atoms with van der Waals surface area (Å²) in [5.41, 5.74) is 2.50. The molecule has 3 rings (SSSR count). The summed E-state index contributed by atoms with van der Waals surface area (Å²) in [7, 11) is 2.01. The maximum atomic E-state index is 12.6. The Balaban J connectivity index is 1.67. The fourth-order valence-electron chi connectivity index (χ4n) is 3.95. The largest absolute Gasteiger partial charge is 0.326 e. The third-order valence-corrected chi connectivity index (χ3v) is 5.65. The van der Waals surface area contributed by atoms with Crippen LogP contribution in [-0.2, 0) is 9.59 Å². The van der Waals surface area contributed by atoms with Crippen LogP contribution in [0.2, 0.25) is 0 Å². The summed E-state index contributed by atoms with van der Waals surface area (Å²) < 4.78 is 0. The highest BCUT2D eigenvalue weighted by molar-refractivity contribution is 5.98. The van der Waals surface area contributed by atoms with Gasteiger partial charge in [0.15, 0.2) is 0 Å². The lowest BCUT2D eigenvalue weighted by molar-refractivity contribution is -0.122. The van der Waals surface area contributed by atoms with Crippen molar-refractivity contribution in [3.63, 3.8) is 0 Å². The van der Waals surface area contributed by atoms with Crippen molar-refractivity contribution in [2.75, 3.05) is 24.2 Å². The van der Waals surface area contributed by atoms with E-state index in [1.54, 1.807) is 0 Å². The average Bonchev–Trinajstić information content (AvgIpc) is 3.13. The molecule has 0 aromatic heterocycles. The zero-order chi connectivity index (χ0) is 17.8. The molecule has 25 heavy (non-hydrogen) atoms. The first-order chi connectivity index (χ1) is 12.1. The van der Waals surface area contributed by atoms with E-state index in [2.05, 4.69) is 15.5 Å². The predicted molar refractivity (Wildman–Crippen MR) is 101 cm³/mol. The SMILES string of the molecule is Cc1c(NC(=O)C2CCCC2)cccc1NC(=O)C1CCCCN1C. The highest BCUT2D eigenvalue weighted by atomic mass is 16.2. The van der Waals surface area contributed by atoms with Crippen LogP contribution in [0.4, 0.5) is 11.4 Å². The maximum Gasteiger partial charge on any atom is 0.241 e. The lowest BCUT2D eigenvalue weighted by Crippen LogP contribution is -2.44. The molecule has 1 aromatic rings. The number of rotatable bonds is 4. The molecule has 0 radical (unpaired) electrons. The van der Waals surface area contributed by atoms with Gasteiger partial charge in [-0.3, -0.25) is 14.5 Å². The molecule has 136 valence electrons. The van der Waals surface area contributed by atoms with Gasteiger partial charge in [0.25, 0.3) is 0 Å². The molecule has 1 aliphatic carbocycles. The van der Waals surface area contributed by atoms with Crippen molar-refractivity contribution in [2.24, 2.45) is 5.92 Å². The molecule has 2 amide bonds. The van der Waals surface area contributed by atoms with E-state index >= 15 is 0 Å². The Hall–Kier alpha value is -1.88. The molecular weight excluding hydrogens is 314 g/mol. The van der Waals surface area contributed by atoms with Crippen LogP contribution in [-0.4, -0.2) is 36.3 Å². The van der Waals surface area contributed by atoms with Gasteiger partial charge in [-0.1, -0.05) is 25.3 Å². The van der Waals surface area contributed by atoms with E-state index in [0.29, 0.717) is 0 Å². The number of likely N-dealkylation sites (tertiary alicyclic amines) is 1. The number of amides is 2. The topological polar surface area (TPSA) is 61.4 Å². The van der Waals surface area contributed by atoms with E-state index in [1.807, 2.05) is 32.2 Å². The molecule has 1 saturated heterocycles. The molecule has 2 N–H and O–H groups in total. The van der Waals surface area contributed by atoms with E-state index in [0.717, 1.165) is 68.4 Å². The molecule has 5 heteroatoms. The Morgan fingerprint density at radius 2 is 1.56 bits per heavy atom. The second-order valence-electron chi connectivity index (χ2n) is 7.43. The number of nitrogens with zero attached hydrogens (tertiary/aromatic N) is 1. The summed E-state index contributed by atoms with van der Waals surface area (Å²) in [6, 6.07) is 5.63. The molecule has 1 aliphatic heterocycles. The minimum atomic E-state index is -0.0649. The van der Waals surface area contributed by atoms with Gasteiger partial charge in [0.05, 0.1) is 6.04 Å². The van der Waals surface area contributed by atoms with Gasteiger partial charge in [0.2, 0.25) is 11.8 Å². The Morgan fingerprint density at radius 1 is 0.960 bits per heavy atom. The standard InChI is InChI=1S/C20H29N3O2/c1-14-16(21-19(24)15-8-3-4-9-15)10-7-11-17(14)22-20(25)18-12-5-6-13-23(18)2/h7,10-11,15,18H,3-6,8-9,12-13H2,1-2H3,(H,21,24)(H,22,25). The lowest BCUT2D eigenvalue weighted by Gasteiger charge is -2.31. The zero-order valence-electron chi connectivity index (χ0n) is 15.3. The monoisotopic (exact) mass is 343 g/mol. The number of anilines is 2. The summed E-state index contributed by atoms with van der Waals surface area (Å²) in [5.74, 6) is 0.286. The van der Waals surface area contributed by atoms with Gasteiger partial charge in [0, 0.05) is 17.3 Å². The molecule has 1 heterocycles. The molecule has 1 unspecified atom stereocenters. The van der Waals surface area contributed by atoms with Crippen molar-refractivity contribution in [1.82, 2.24) is 4.90 Å². The second-order valence-corrected chi connectivity index (χ2v) is 7.43. The quantitative estimate of drug-likeness (QED) is 0.879. The molecule has 2 fully saturated rings.